The summed E-state index contributed by atoms with van der Waals surface area (Å²) in [6.07, 6.45) is -2.88. The van der Waals surface area contributed by atoms with E-state index >= 15 is 0 Å². The van der Waals surface area contributed by atoms with Crippen LogP contribution in [0.15, 0.2) is 48.5 Å². The Hall–Kier alpha value is -2.54. The molecule has 0 spiro atoms. The molecule has 7 heteroatoms. The highest BCUT2D eigenvalue weighted by atomic mass is 19.4. The molecule has 2 amide bonds. The number of carbonyl (C=O) groups is 1. The predicted octanol–water partition coefficient (Wildman–Crippen LogP) is 5.00. The number of fused-ring (bicyclic) bond motifs is 1. The van der Waals surface area contributed by atoms with Crippen molar-refractivity contribution in [3.63, 3.8) is 0 Å². The number of carbonyl (C=O) groups excluding carboxylic acids is 1. The number of urea groups is 1. The van der Waals surface area contributed by atoms with E-state index in [2.05, 4.69) is 5.32 Å². The Morgan fingerprint density at radius 2 is 1.90 bits per heavy atom. The molecule has 2 aliphatic heterocycles. The molecule has 1 fully saturated rings. The average molecular weight is 404 g/mol. The van der Waals surface area contributed by atoms with E-state index in [1.165, 1.54) is 12.1 Å². The quantitative estimate of drug-likeness (QED) is 0.766. The molecule has 2 unspecified atom stereocenters. The van der Waals surface area contributed by atoms with Crippen LogP contribution >= 0.6 is 0 Å². The second-order valence-electron chi connectivity index (χ2n) is 7.82. The third kappa shape index (κ3) is 3.71. The number of ether oxygens (including phenoxy) is 1. The first-order valence-corrected chi connectivity index (χ1v) is 9.70. The summed E-state index contributed by atoms with van der Waals surface area (Å²) in [5.41, 5.74) is 1.47. The highest BCUT2D eigenvalue weighted by Gasteiger charge is 2.42. The van der Waals surface area contributed by atoms with Gasteiger partial charge in [-0.25, -0.2) is 4.79 Å². The van der Waals surface area contributed by atoms with Crippen LogP contribution in [0.2, 0.25) is 0 Å². The van der Waals surface area contributed by atoms with E-state index in [1.54, 1.807) is 4.90 Å². The SMILES string of the molecule is CC1(c2ccc(C(F)(F)F)cc2)CCCN1C(=O)NC1COCc2ccccc21. The van der Waals surface area contributed by atoms with Gasteiger partial charge in [-0.3, -0.25) is 0 Å². The molecule has 2 aromatic rings. The summed E-state index contributed by atoms with van der Waals surface area (Å²) >= 11 is 0. The molecule has 1 saturated heterocycles. The van der Waals surface area contributed by atoms with Crippen LogP contribution < -0.4 is 5.32 Å². The Balaban J connectivity index is 1.54. The van der Waals surface area contributed by atoms with Crippen LogP contribution in [0.1, 0.15) is 48.1 Å². The third-order valence-electron chi connectivity index (χ3n) is 5.99. The van der Waals surface area contributed by atoms with Gasteiger partial charge in [0.2, 0.25) is 0 Å². The van der Waals surface area contributed by atoms with Gasteiger partial charge in [0.25, 0.3) is 0 Å². The first kappa shape index (κ1) is 19.8. The number of nitrogens with zero attached hydrogens (tertiary/aromatic N) is 1. The molecule has 0 aliphatic carbocycles. The number of rotatable bonds is 2. The van der Waals surface area contributed by atoms with Crippen molar-refractivity contribution in [2.75, 3.05) is 13.2 Å². The van der Waals surface area contributed by atoms with Gasteiger partial charge in [-0.2, -0.15) is 13.2 Å². The molecule has 0 saturated carbocycles. The molecular weight excluding hydrogens is 381 g/mol. The zero-order valence-corrected chi connectivity index (χ0v) is 16.1. The summed E-state index contributed by atoms with van der Waals surface area (Å²) in [5, 5.41) is 3.06. The average Bonchev–Trinajstić information content (AvgIpc) is 3.11. The number of amides is 2. The zero-order chi connectivity index (χ0) is 20.6. The topological polar surface area (TPSA) is 41.6 Å². The molecule has 2 atom stereocenters. The lowest BCUT2D eigenvalue weighted by atomic mass is 9.88. The highest BCUT2D eigenvalue weighted by Crippen LogP contribution is 2.40. The lowest BCUT2D eigenvalue weighted by Gasteiger charge is -2.37. The summed E-state index contributed by atoms with van der Waals surface area (Å²) in [5.74, 6) is 0. The van der Waals surface area contributed by atoms with Gasteiger partial charge in [0, 0.05) is 6.54 Å². The highest BCUT2D eigenvalue weighted by molar-refractivity contribution is 5.76. The van der Waals surface area contributed by atoms with Crippen LogP contribution in [-0.2, 0) is 23.1 Å². The van der Waals surface area contributed by atoms with Crippen molar-refractivity contribution in [1.29, 1.82) is 0 Å². The Bertz CT molecular complexity index is 898. The van der Waals surface area contributed by atoms with Crippen LogP contribution in [-0.4, -0.2) is 24.1 Å². The van der Waals surface area contributed by atoms with Crippen molar-refractivity contribution in [1.82, 2.24) is 10.2 Å². The van der Waals surface area contributed by atoms with Crippen molar-refractivity contribution in [3.05, 3.63) is 70.8 Å². The smallest absolute Gasteiger partial charge is 0.374 e. The van der Waals surface area contributed by atoms with Crippen LogP contribution in [0.4, 0.5) is 18.0 Å². The number of likely N-dealkylation sites (tertiary alicyclic amines) is 1. The molecule has 2 aliphatic rings. The minimum atomic E-state index is -4.37. The van der Waals surface area contributed by atoms with Gasteiger partial charge in [0.15, 0.2) is 0 Å². The van der Waals surface area contributed by atoms with Crippen LogP contribution in [0.25, 0.3) is 0 Å². The van der Waals surface area contributed by atoms with E-state index in [4.69, 9.17) is 4.74 Å². The predicted molar refractivity (Wildman–Crippen MR) is 102 cm³/mol. The molecule has 29 heavy (non-hydrogen) atoms. The molecule has 1 N–H and O–H groups in total. The lowest BCUT2D eigenvalue weighted by molar-refractivity contribution is -0.137. The lowest BCUT2D eigenvalue weighted by Crippen LogP contribution is -2.49. The van der Waals surface area contributed by atoms with E-state index in [9.17, 15) is 18.0 Å². The number of hydrogen-bond acceptors (Lipinski definition) is 2. The van der Waals surface area contributed by atoms with Gasteiger partial charge in [0.1, 0.15) is 0 Å². The third-order valence-corrected chi connectivity index (χ3v) is 5.99. The summed E-state index contributed by atoms with van der Waals surface area (Å²) in [7, 11) is 0. The Kier molecular flexibility index (Phi) is 5.02. The monoisotopic (exact) mass is 404 g/mol. The fourth-order valence-electron chi connectivity index (χ4n) is 4.34. The van der Waals surface area contributed by atoms with Crippen molar-refractivity contribution < 1.29 is 22.7 Å². The Morgan fingerprint density at radius 1 is 1.17 bits per heavy atom. The van der Waals surface area contributed by atoms with Gasteiger partial charge in [-0.1, -0.05) is 36.4 Å². The summed E-state index contributed by atoms with van der Waals surface area (Å²) in [4.78, 5) is 14.8. The maximum atomic E-state index is 13.1. The largest absolute Gasteiger partial charge is 0.416 e. The van der Waals surface area contributed by atoms with E-state index in [1.807, 2.05) is 31.2 Å². The van der Waals surface area contributed by atoms with Crippen molar-refractivity contribution in [3.8, 4) is 0 Å². The van der Waals surface area contributed by atoms with Gasteiger partial charge < -0.3 is 15.0 Å². The maximum absolute atomic E-state index is 13.1. The van der Waals surface area contributed by atoms with Gasteiger partial charge in [0.05, 0.1) is 30.4 Å². The van der Waals surface area contributed by atoms with Crippen LogP contribution in [0.3, 0.4) is 0 Å². The normalized spacial score (nSPS) is 24.3. The zero-order valence-electron chi connectivity index (χ0n) is 16.1. The van der Waals surface area contributed by atoms with E-state index in [0.29, 0.717) is 31.7 Å². The van der Waals surface area contributed by atoms with E-state index in [0.717, 1.165) is 29.7 Å². The molecule has 0 radical (unpaired) electrons. The number of halogens is 3. The molecule has 4 nitrogen and oxygen atoms in total. The van der Waals surface area contributed by atoms with Gasteiger partial charge in [-0.15, -0.1) is 0 Å². The molecular formula is C22H23F3N2O2. The molecule has 4 rings (SSSR count). The first-order chi connectivity index (χ1) is 13.8. The summed E-state index contributed by atoms with van der Waals surface area (Å²) < 4.78 is 44.3. The number of nitrogens with one attached hydrogen (secondary N) is 1. The van der Waals surface area contributed by atoms with E-state index in [-0.39, 0.29) is 12.1 Å². The van der Waals surface area contributed by atoms with Crippen LogP contribution in [0, 0.1) is 0 Å². The van der Waals surface area contributed by atoms with Crippen molar-refractivity contribution in [2.45, 2.75) is 44.1 Å². The summed E-state index contributed by atoms with van der Waals surface area (Å²) in [6.45, 7) is 3.38. The Labute approximate surface area is 167 Å². The molecule has 0 bridgehead atoms. The Morgan fingerprint density at radius 3 is 2.62 bits per heavy atom. The maximum Gasteiger partial charge on any atom is 0.416 e. The second-order valence-corrected chi connectivity index (χ2v) is 7.82. The fourth-order valence-corrected chi connectivity index (χ4v) is 4.34. The van der Waals surface area contributed by atoms with Crippen molar-refractivity contribution >= 4 is 6.03 Å². The minimum Gasteiger partial charge on any atom is -0.374 e. The fraction of sp³-hybridized carbons (Fsp3) is 0.409. The van der Waals surface area contributed by atoms with Gasteiger partial charge in [-0.05, 0) is 48.6 Å². The van der Waals surface area contributed by atoms with Gasteiger partial charge >= 0.3 is 12.2 Å². The van der Waals surface area contributed by atoms with Crippen LogP contribution in [0.5, 0.6) is 0 Å². The molecule has 154 valence electrons. The number of alkyl halides is 3. The second kappa shape index (κ2) is 7.37. The summed E-state index contributed by atoms with van der Waals surface area (Å²) in [6, 6.07) is 12.5. The van der Waals surface area contributed by atoms with E-state index < -0.39 is 17.3 Å². The number of benzene rings is 2. The first-order valence-electron chi connectivity index (χ1n) is 9.70. The molecule has 2 heterocycles. The molecule has 2 aromatic carbocycles. The molecule has 0 aromatic heterocycles. The minimum absolute atomic E-state index is 0.227. The number of hydrogen-bond donors (Lipinski definition) is 1. The van der Waals surface area contributed by atoms with Crippen molar-refractivity contribution in [2.24, 2.45) is 0 Å². The standard InChI is InChI=1S/C22H23F3N2O2/c1-21(16-7-9-17(10-8-16)22(23,24)25)11-4-12-27(21)20(28)26-19-14-29-13-15-5-2-3-6-18(15)19/h2-3,5-10,19H,4,11-14H2,1H3,(H,26,28).